The number of amides is 3. The number of carbonyl (C=O) groups excluding carboxylic acids is 2. The van der Waals surface area contributed by atoms with Crippen LogP contribution in [0.1, 0.15) is 17.5 Å². The van der Waals surface area contributed by atoms with Gasteiger partial charge < -0.3 is 20.4 Å². The summed E-state index contributed by atoms with van der Waals surface area (Å²) < 4.78 is 38.6. The lowest BCUT2D eigenvalue weighted by Gasteiger charge is -2.23. The first-order valence-corrected chi connectivity index (χ1v) is 11.6. The third-order valence-electron chi connectivity index (χ3n) is 5.82. The van der Waals surface area contributed by atoms with Crippen LogP contribution >= 0.6 is 0 Å². The largest absolute Gasteiger partial charge is 0.416 e. The maximum Gasteiger partial charge on any atom is 0.416 e. The second-order valence-corrected chi connectivity index (χ2v) is 8.45. The van der Waals surface area contributed by atoms with Crippen molar-refractivity contribution in [1.82, 2.24) is 9.88 Å². The number of hydrogen-bond acceptors (Lipinski definition) is 4. The SMILES string of the molecule is O=C(Nc1ccc(N2CCCN(C(=O)Cc3ccccc3)CC2)nc1)Nc1cccc(C(F)(F)F)c1. The van der Waals surface area contributed by atoms with Gasteiger partial charge >= 0.3 is 12.2 Å². The zero-order valence-electron chi connectivity index (χ0n) is 19.5. The summed E-state index contributed by atoms with van der Waals surface area (Å²) in [5.74, 6) is 0.818. The number of benzene rings is 2. The van der Waals surface area contributed by atoms with E-state index in [2.05, 4.69) is 20.5 Å². The van der Waals surface area contributed by atoms with Gasteiger partial charge in [-0.2, -0.15) is 13.2 Å². The fraction of sp³-hybridized carbons (Fsp3) is 0.269. The molecule has 0 unspecified atom stereocenters. The molecule has 4 rings (SSSR count). The van der Waals surface area contributed by atoms with Crippen LogP contribution in [0.3, 0.4) is 0 Å². The highest BCUT2D eigenvalue weighted by atomic mass is 19.4. The van der Waals surface area contributed by atoms with Crippen molar-refractivity contribution in [3.63, 3.8) is 0 Å². The molecular weight excluding hydrogens is 471 g/mol. The molecule has 188 valence electrons. The average molecular weight is 498 g/mol. The van der Waals surface area contributed by atoms with Gasteiger partial charge in [0.1, 0.15) is 5.82 Å². The normalized spacial score (nSPS) is 14.2. The van der Waals surface area contributed by atoms with E-state index < -0.39 is 17.8 Å². The third kappa shape index (κ3) is 6.74. The molecule has 7 nitrogen and oxygen atoms in total. The van der Waals surface area contributed by atoms with Crippen molar-refractivity contribution in [3.05, 3.63) is 84.1 Å². The molecule has 1 fully saturated rings. The number of pyridine rings is 1. The highest BCUT2D eigenvalue weighted by Gasteiger charge is 2.30. The number of alkyl halides is 3. The van der Waals surface area contributed by atoms with Crippen molar-refractivity contribution in [2.24, 2.45) is 0 Å². The number of aromatic nitrogens is 1. The van der Waals surface area contributed by atoms with Crippen molar-refractivity contribution < 1.29 is 22.8 Å². The Hall–Kier alpha value is -4.08. The quantitative estimate of drug-likeness (QED) is 0.519. The maximum absolute atomic E-state index is 12.9. The minimum Gasteiger partial charge on any atom is -0.355 e. The summed E-state index contributed by atoms with van der Waals surface area (Å²) in [5.41, 5.74) is 0.579. The van der Waals surface area contributed by atoms with Crippen LogP contribution in [0.2, 0.25) is 0 Å². The molecule has 0 spiro atoms. The van der Waals surface area contributed by atoms with E-state index in [4.69, 9.17) is 0 Å². The van der Waals surface area contributed by atoms with Crippen molar-refractivity contribution in [3.8, 4) is 0 Å². The standard InChI is InChI=1S/C26H26F3N5O2/c27-26(28,29)20-8-4-9-21(17-20)31-25(36)32-22-10-11-23(30-18-22)33-12-5-13-34(15-14-33)24(35)16-19-6-2-1-3-7-19/h1-4,6-11,17-18H,5,12-16H2,(H2,31,32,36). The fourth-order valence-corrected chi connectivity index (χ4v) is 3.99. The van der Waals surface area contributed by atoms with E-state index in [9.17, 15) is 22.8 Å². The van der Waals surface area contributed by atoms with Gasteiger partial charge in [0.05, 0.1) is 23.9 Å². The minimum atomic E-state index is -4.49. The first kappa shape index (κ1) is 25.0. The van der Waals surface area contributed by atoms with Crippen LogP contribution in [0.4, 0.5) is 35.2 Å². The van der Waals surface area contributed by atoms with Gasteiger partial charge in [-0.15, -0.1) is 0 Å². The van der Waals surface area contributed by atoms with Gasteiger partial charge in [-0.25, -0.2) is 9.78 Å². The van der Waals surface area contributed by atoms with E-state index in [-0.39, 0.29) is 11.6 Å². The third-order valence-corrected chi connectivity index (χ3v) is 5.82. The Morgan fingerprint density at radius 2 is 1.64 bits per heavy atom. The van der Waals surface area contributed by atoms with Crippen molar-refractivity contribution >= 4 is 29.1 Å². The highest BCUT2D eigenvalue weighted by molar-refractivity contribution is 5.99. The Kier molecular flexibility index (Phi) is 7.72. The van der Waals surface area contributed by atoms with Gasteiger partial charge in [-0.1, -0.05) is 36.4 Å². The Morgan fingerprint density at radius 1 is 0.861 bits per heavy atom. The average Bonchev–Trinajstić information content (AvgIpc) is 3.11. The molecular formula is C26H26F3N5O2. The van der Waals surface area contributed by atoms with Crippen molar-refractivity contribution in [2.75, 3.05) is 41.7 Å². The van der Waals surface area contributed by atoms with Gasteiger partial charge in [0, 0.05) is 31.9 Å². The highest BCUT2D eigenvalue weighted by Crippen LogP contribution is 2.30. The molecule has 2 N–H and O–H groups in total. The van der Waals surface area contributed by atoms with Gasteiger partial charge in [0.25, 0.3) is 0 Å². The molecule has 0 atom stereocenters. The molecule has 1 saturated heterocycles. The molecule has 1 aliphatic heterocycles. The first-order valence-electron chi connectivity index (χ1n) is 11.6. The second-order valence-electron chi connectivity index (χ2n) is 8.45. The van der Waals surface area contributed by atoms with E-state index in [1.807, 2.05) is 35.2 Å². The summed E-state index contributed by atoms with van der Waals surface area (Å²) in [4.78, 5) is 33.3. The molecule has 1 aliphatic rings. The Morgan fingerprint density at radius 3 is 2.36 bits per heavy atom. The van der Waals surface area contributed by atoms with Crippen LogP contribution in [-0.4, -0.2) is 48.0 Å². The van der Waals surface area contributed by atoms with E-state index in [1.54, 1.807) is 12.1 Å². The molecule has 2 aromatic carbocycles. The van der Waals surface area contributed by atoms with E-state index in [1.165, 1.54) is 18.3 Å². The number of rotatable bonds is 5. The minimum absolute atomic E-state index is 0.0304. The van der Waals surface area contributed by atoms with Gasteiger partial charge in [0.15, 0.2) is 0 Å². The van der Waals surface area contributed by atoms with E-state index in [0.29, 0.717) is 31.7 Å². The van der Waals surface area contributed by atoms with Crippen LogP contribution in [0.5, 0.6) is 0 Å². The Labute approximate surface area is 206 Å². The topological polar surface area (TPSA) is 77.6 Å². The van der Waals surface area contributed by atoms with Gasteiger partial charge in [0.2, 0.25) is 5.91 Å². The number of hydrogen-bond donors (Lipinski definition) is 2. The van der Waals surface area contributed by atoms with Crippen LogP contribution in [0, 0.1) is 0 Å². The summed E-state index contributed by atoms with van der Waals surface area (Å²) in [6, 6.07) is 16.8. The number of nitrogens with zero attached hydrogens (tertiary/aromatic N) is 3. The first-order chi connectivity index (χ1) is 17.3. The Bertz CT molecular complexity index is 1190. The van der Waals surface area contributed by atoms with Gasteiger partial charge in [-0.3, -0.25) is 4.79 Å². The van der Waals surface area contributed by atoms with Crippen molar-refractivity contribution in [1.29, 1.82) is 0 Å². The molecule has 0 bridgehead atoms. The molecule has 0 radical (unpaired) electrons. The van der Waals surface area contributed by atoms with Crippen LogP contribution in [0.15, 0.2) is 72.9 Å². The number of carbonyl (C=O) groups is 2. The predicted molar refractivity (Wildman–Crippen MR) is 132 cm³/mol. The fourth-order valence-electron chi connectivity index (χ4n) is 3.99. The number of anilines is 3. The number of nitrogens with one attached hydrogen (secondary N) is 2. The molecule has 0 aliphatic carbocycles. The maximum atomic E-state index is 12.9. The lowest BCUT2D eigenvalue weighted by Crippen LogP contribution is -2.36. The lowest BCUT2D eigenvalue weighted by molar-refractivity contribution is -0.137. The zero-order valence-corrected chi connectivity index (χ0v) is 19.5. The van der Waals surface area contributed by atoms with Gasteiger partial charge in [-0.05, 0) is 42.3 Å². The summed E-state index contributed by atoms with van der Waals surface area (Å²) in [7, 11) is 0. The molecule has 0 saturated carbocycles. The van der Waals surface area contributed by atoms with Crippen LogP contribution in [0.25, 0.3) is 0 Å². The molecule has 1 aromatic heterocycles. The van der Waals surface area contributed by atoms with Crippen LogP contribution in [-0.2, 0) is 17.4 Å². The van der Waals surface area contributed by atoms with Crippen LogP contribution < -0.4 is 15.5 Å². The predicted octanol–water partition coefficient (Wildman–Crippen LogP) is 5.03. The molecule has 2 heterocycles. The number of urea groups is 1. The summed E-state index contributed by atoms with van der Waals surface area (Å²) in [6.45, 7) is 2.64. The van der Waals surface area contributed by atoms with Crippen molar-refractivity contribution in [2.45, 2.75) is 19.0 Å². The van der Waals surface area contributed by atoms with E-state index >= 15 is 0 Å². The Balaban J connectivity index is 1.30. The summed E-state index contributed by atoms with van der Waals surface area (Å²) in [6.07, 6.45) is -1.82. The monoisotopic (exact) mass is 497 g/mol. The second kappa shape index (κ2) is 11.1. The van der Waals surface area contributed by atoms with E-state index in [0.717, 1.165) is 36.5 Å². The summed E-state index contributed by atoms with van der Waals surface area (Å²) in [5, 5.41) is 4.97. The molecule has 3 aromatic rings. The lowest BCUT2D eigenvalue weighted by atomic mass is 10.1. The molecule has 36 heavy (non-hydrogen) atoms. The molecule has 3 amide bonds. The smallest absolute Gasteiger partial charge is 0.355 e. The summed E-state index contributed by atoms with van der Waals surface area (Å²) >= 11 is 0. The molecule has 10 heteroatoms. The zero-order chi connectivity index (χ0) is 25.5. The number of halogens is 3.